The minimum absolute atomic E-state index is 0.378. The van der Waals surface area contributed by atoms with Crippen LogP contribution in [0.1, 0.15) is 5.56 Å². The zero-order chi connectivity index (χ0) is 13.5. The molecule has 0 saturated carbocycles. The predicted molar refractivity (Wildman–Crippen MR) is 77.6 cm³/mol. The van der Waals surface area contributed by atoms with Crippen molar-refractivity contribution in [1.82, 2.24) is 9.97 Å². The SMILES string of the molecule is CSC(N)=Nc1nccnc1OCc1ccccc1. The molecule has 1 heterocycles. The summed E-state index contributed by atoms with van der Waals surface area (Å²) in [6.07, 6.45) is 4.97. The van der Waals surface area contributed by atoms with E-state index in [1.807, 2.05) is 36.6 Å². The largest absolute Gasteiger partial charge is 0.470 e. The Hall–Kier alpha value is -2.08. The summed E-state index contributed by atoms with van der Waals surface area (Å²) >= 11 is 1.35. The third-order valence-electron chi connectivity index (χ3n) is 2.29. The van der Waals surface area contributed by atoms with Crippen molar-refractivity contribution < 1.29 is 4.74 Å². The molecule has 6 heteroatoms. The number of rotatable bonds is 4. The highest BCUT2D eigenvalue weighted by Crippen LogP contribution is 2.22. The van der Waals surface area contributed by atoms with Crippen molar-refractivity contribution in [3.05, 3.63) is 48.3 Å². The summed E-state index contributed by atoms with van der Waals surface area (Å²) in [7, 11) is 0. The number of aliphatic imine (C=N–C) groups is 1. The van der Waals surface area contributed by atoms with Crippen LogP contribution in [0.3, 0.4) is 0 Å². The van der Waals surface area contributed by atoms with Crippen molar-refractivity contribution in [2.45, 2.75) is 6.61 Å². The number of nitrogens with zero attached hydrogens (tertiary/aromatic N) is 3. The number of benzene rings is 1. The Balaban J connectivity index is 2.12. The summed E-state index contributed by atoms with van der Waals surface area (Å²) in [6, 6.07) is 9.84. The van der Waals surface area contributed by atoms with Crippen molar-refractivity contribution in [3.63, 3.8) is 0 Å². The van der Waals surface area contributed by atoms with Gasteiger partial charge in [0, 0.05) is 12.4 Å². The Morgan fingerprint density at radius 1 is 1.26 bits per heavy atom. The summed E-state index contributed by atoms with van der Waals surface area (Å²) in [5, 5.41) is 0.421. The second-order valence-corrected chi connectivity index (χ2v) is 4.44. The van der Waals surface area contributed by atoms with Crippen molar-refractivity contribution >= 4 is 22.7 Å². The summed E-state index contributed by atoms with van der Waals surface area (Å²) in [5.74, 6) is 0.772. The lowest BCUT2D eigenvalue weighted by atomic mass is 10.2. The average Bonchev–Trinajstić information content (AvgIpc) is 2.47. The third kappa shape index (κ3) is 3.96. The van der Waals surface area contributed by atoms with Gasteiger partial charge >= 0.3 is 0 Å². The van der Waals surface area contributed by atoms with E-state index in [2.05, 4.69) is 15.0 Å². The number of aromatic nitrogens is 2. The smallest absolute Gasteiger partial charge is 0.260 e. The molecule has 19 heavy (non-hydrogen) atoms. The number of ether oxygens (including phenoxy) is 1. The summed E-state index contributed by atoms with van der Waals surface area (Å²) in [4.78, 5) is 12.4. The highest BCUT2D eigenvalue weighted by molar-refractivity contribution is 8.13. The van der Waals surface area contributed by atoms with Crippen LogP contribution < -0.4 is 10.5 Å². The Morgan fingerprint density at radius 2 is 2.00 bits per heavy atom. The molecule has 0 aliphatic rings. The van der Waals surface area contributed by atoms with Gasteiger partial charge in [0.1, 0.15) is 6.61 Å². The van der Waals surface area contributed by atoms with Gasteiger partial charge in [-0.1, -0.05) is 42.1 Å². The zero-order valence-corrected chi connectivity index (χ0v) is 11.3. The van der Waals surface area contributed by atoms with Crippen LogP contribution in [0.25, 0.3) is 0 Å². The molecule has 0 spiro atoms. The van der Waals surface area contributed by atoms with Crippen LogP contribution in [-0.2, 0) is 6.61 Å². The van der Waals surface area contributed by atoms with Crippen LogP contribution >= 0.6 is 11.8 Å². The molecule has 5 nitrogen and oxygen atoms in total. The Labute approximate surface area is 115 Å². The van der Waals surface area contributed by atoms with Gasteiger partial charge in [0.05, 0.1) is 0 Å². The predicted octanol–water partition coefficient (Wildman–Crippen LogP) is 2.36. The van der Waals surface area contributed by atoms with E-state index in [0.29, 0.717) is 23.5 Å². The molecule has 0 unspecified atom stereocenters. The van der Waals surface area contributed by atoms with Gasteiger partial charge in [0.25, 0.3) is 5.88 Å². The number of nitrogens with two attached hydrogens (primary N) is 1. The monoisotopic (exact) mass is 274 g/mol. The lowest BCUT2D eigenvalue weighted by Crippen LogP contribution is -2.05. The van der Waals surface area contributed by atoms with Gasteiger partial charge in [-0.25, -0.2) is 15.0 Å². The third-order valence-corrected chi connectivity index (χ3v) is 2.80. The van der Waals surface area contributed by atoms with Crippen LogP contribution in [-0.4, -0.2) is 21.4 Å². The maximum absolute atomic E-state index is 5.67. The van der Waals surface area contributed by atoms with E-state index in [9.17, 15) is 0 Å². The van der Waals surface area contributed by atoms with Gasteiger partial charge in [0.2, 0.25) is 5.82 Å². The van der Waals surface area contributed by atoms with Gasteiger partial charge in [-0.3, -0.25) is 0 Å². The van der Waals surface area contributed by atoms with Crippen molar-refractivity contribution in [3.8, 4) is 5.88 Å². The quantitative estimate of drug-likeness (QED) is 0.684. The summed E-state index contributed by atoms with van der Waals surface area (Å²) < 4.78 is 5.62. The summed E-state index contributed by atoms with van der Waals surface area (Å²) in [5.41, 5.74) is 6.73. The molecule has 0 aliphatic heterocycles. The zero-order valence-electron chi connectivity index (χ0n) is 10.5. The molecule has 0 aliphatic carbocycles. The number of hydrogen-bond donors (Lipinski definition) is 1. The number of hydrogen-bond acceptors (Lipinski definition) is 5. The molecule has 1 aromatic carbocycles. The topological polar surface area (TPSA) is 73.4 Å². The molecule has 0 bridgehead atoms. The average molecular weight is 274 g/mol. The highest BCUT2D eigenvalue weighted by atomic mass is 32.2. The molecular weight excluding hydrogens is 260 g/mol. The lowest BCUT2D eigenvalue weighted by molar-refractivity contribution is 0.294. The molecule has 0 amide bonds. The number of thioether (sulfide) groups is 1. The Bertz CT molecular complexity index is 560. The van der Waals surface area contributed by atoms with Crippen LogP contribution in [0.4, 0.5) is 5.82 Å². The molecular formula is C13H14N4OS. The van der Waals surface area contributed by atoms with Crippen LogP contribution in [0.15, 0.2) is 47.7 Å². The van der Waals surface area contributed by atoms with Gasteiger partial charge in [-0.15, -0.1) is 0 Å². The molecule has 0 saturated heterocycles. The molecule has 1 aromatic heterocycles. The minimum atomic E-state index is 0.378. The molecule has 2 N–H and O–H groups in total. The second kappa shape index (κ2) is 6.75. The lowest BCUT2D eigenvalue weighted by Gasteiger charge is -2.06. The fraction of sp³-hybridized carbons (Fsp3) is 0.154. The first kappa shape index (κ1) is 13.4. The molecule has 0 radical (unpaired) electrons. The molecule has 2 aromatic rings. The van der Waals surface area contributed by atoms with E-state index in [1.54, 1.807) is 12.4 Å². The maximum atomic E-state index is 5.67. The fourth-order valence-corrected chi connectivity index (χ4v) is 1.55. The van der Waals surface area contributed by atoms with Crippen LogP contribution in [0, 0.1) is 0 Å². The standard InChI is InChI=1S/C13H14N4OS/c1-19-13(14)17-11-12(16-8-7-15-11)18-9-10-5-3-2-4-6-10/h2-8H,9H2,1H3,(H2,14,15,17). The number of amidine groups is 1. The second-order valence-electron chi connectivity index (χ2n) is 3.61. The van der Waals surface area contributed by atoms with E-state index in [1.165, 1.54) is 11.8 Å². The molecule has 2 rings (SSSR count). The van der Waals surface area contributed by atoms with Crippen molar-refractivity contribution in [1.29, 1.82) is 0 Å². The normalized spacial score (nSPS) is 11.3. The minimum Gasteiger partial charge on any atom is -0.470 e. The first-order valence-corrected chi connectivity index (χ1v) is 6.88. The summed E-state index contributed by atoms with van der Waals surface area (Å²) in [6.45, 7) is 0.418. The van der Waals surface area contributed by atoms with E-state index in [-0.39, 0.29) is 0 Å². The molecule has 0 atom stereocenters. The van der Waals surface area contributed by atoms with E-state index < -0.39 is 0 Å². The van der Waals surface area contributed by atoms with Gasteiger partial charge < -0.3 is 10.5 Å². The maximum Gasteiger partial charge on any atom is 0.260 e. The van der Waals surface area contributed by atoms with E-state index in [0.717, 1.165) is 5.56 Å². The van der Waals surface area contributed by atoms with Crippen molar-refractivity contribution in [2.24, 2.45) is 10.7 Å². The van der Waals surface area contributed by atoms with Gasteiger partial charge in [0.15, 0.2) is 5.17 Å². The van der Waals surface area contributed by atoms with Crippen molar-refractivity contribution in [2.75, 3.05) is 6.26 Å². The van der Waals surface area contributed by atoms with Gasteiger partial charge in [-0.05, 0) is 11.8 Å². The van der Waals surface area contributed by atoms with Crippen LogP contribution in [0.5, 0.6) is 5.88 Å². The van der Waals surface area contributed by atoms with Crippen LogP contribution in [0.2, 0.25) is 0 Å². The first-order chi connectivity index (χ1) is 9.29. The Kier molecular flexibility index (Phi) is 4.74. The van der Waals surface area contributed by atoms with E-state index >= 15 is 0 Å². The Morgan fingerprint density at radius 3 is 2.74 bits per heavy atom. The first-order valence-electron chi connectivity index (χ1n) is 5.65. The fourth-order valence-electron chi connectivity index (χ4n) is 1.37. The molecule has 0 fully saturated rings. The molecule has 98 valence electrons. The van der Waals surface area contributed by atoms with Gasteiger partial charge in [-0.2, -0.15) is 0 Å². The van der Waals surface area contributed by atoms with E-state index in [4.69, 9.17) is 10.5 Å². The highest BCUT2D eigenvalue weighted by Gasteiger charge is 2.06.